The molecule has 0 saturated heterocycles. The SMILES string of the molecule is C[C@H](NC(=O)c1ccc2cnn(Cc3ccc(F)cc3)c2c1)c1ccc(F)cc1. The van der Waals surface area contributed by atoms with E-state index in [-0.39, 0.29) is 23.6 Å². The molecule has 29 heavy (non-hydrogen) atoms. The van der Waals surface area contributed by atoms with Gasteiger partial charge in [-0.25, -0.2) is 8.78 Å². The zero-order chi connectivity index (χ0) is 20.4. The molecule has 1 N–H and O–H groups in total. The van der Waals surface area contributed by atoms with Crippen molar-refractivity contribution in [3.05, 3.63) is 101 Å². The highest BCUT2D eigenvalue weighted by atomic mass is 19.1. The molecule has 4 aromatic rings. The average molecular weight is 391 g/mol. The summed E-state index contributed by atoms with van der Waals surface area (Å²) < 4.78 is 28.0. The number of halogens is 2. The maximum atomic E-state index is 13.1. The van der Waals surface area contributed by atoms with E-state index in [4.69, 9.17) is 0 Å². The Labute approximate surface area is 166 Å². The van der Waals surface area contributed by atoms with Crippen molar-refractivity contribution >= 4 is 16.8 Å². The van der Waals surface area contributed by atoms with Crippen molar-refractivity contribution in [3.8, 4) is 0 Å². The number of nitrogens with zero attached hydrogens (tertiary/aromatic N) is 2. The van der Waals surface area contributed by atoms with Crippen molar-refractivity contribution in [2.24, 2.45) is 0 Å². The van der Waals surface area contributed by atoms with Crippen LogP contribution >= 0.6 is 0 Å². The first kappa shape index (κ1) is 18.8. The Morgan fingerprint density at radius 3 is 2.34 bits per heavy atom. The van der Waals surface area contributed by atoms with Gasteiger partial charge in [-0.2, -0.15) is 5.10 Å². The second-order valence-electron chi connectivity index (χ2n) is 6.95. The molecule has 0 spiro atoms. The van der Waals surface area contributed by atoms with E-state index in [0.717, 1.165) is 22.0 Å². The number of fused-ring (bicyclic) bond motifs is 1. The molecule has 4 rings (SSSR count). The van der Waals surface area contributed by atoms with Gasteiger partial charge in [-0.3, -0.25) is 9.48 Å². The Bertz CT molecular complexity index is 1150. The van der Waals surface area contributed by atoms with Crippen molar-refractivity contribution in [3.63, 3.8) is 0 Å². The van der Waals surface area contributed by atoms with Crippen molar-refractivity contribution in [2.45, 2.75) is 19.5 Å². The van der Waals surface area contributed by atoms with Crippen LogP contribution in [0.2, 0.25) is 0 Å². The lowest BCUT2D eigenvalue weighted by Gasteiger charge is -2.14. The van der Waals surface area contributed by atoms with Gasteiger partial charge in [0.2, 0.25) is 0 Å². The third-order valence-corrected chi connectivity index (χ3v) is 4.87. The Kier molecular flexibility index (Phi) is 5.08. The van der Waals surface area contributed by atoms with Crippen LogP contribution in [0.5, 0.6) is 0 Å². The van der Waals surface area contributed by atoms with Crippen LogP contribution < -0.4 is 5.32 Å². The Morgan fingerprint density at radius 2 is 1.66 bits per heavy atom. The van der Waals surface area contributed by atoms with E-state index in [1.807, 2.05) is 13.0 Å². The molecule has 0 aliphatic heterocycles. The van der Waals surface area contributed by atoms with E-state index in [9.17, 15) is 13.6 Å². The third kappa shape index (κ3) is 4.16. The van der Waals surface area contributed by atoms with Gasteiger partial charge in [0.05, 0.1) is 24.3 Å². The van der Waals surface area contributed by atoms with E-state index < -0.39 is 0 Å². The lowest BCUT2D eigenvalue weighted by atomic mass is 10.1. The summed E-state index contributed by atoms with van der Waals surface area (Å²) in [5, 5.41) is 8.23. The molecule has 1 heterocycles. The maximum absolute atomic E-state index is 13.1. The lowest BCUT2D eigenvalue weighted by molar-refractivity contribution is 0.0940. The minimum atomic E-state index is -0.313. The van der Waals surface area contributed by atoms with Crippen LogP contribution in [0.4, 0.5) is 8.78 Å². The predicted octanol–water partition coefficient (Wildman–Crippen LogP) is 4.85. The minimum absolute atomic E-state index is 0.224. The van der Waals surface area contributed by atoms with Crippen molar-refractivity contribution in [1.29, 1.82) is 0 Å². The zero-order valence-electron chi connectivity index (χ0n) is 15.8. The molecule has 0 fully saturated rings. The highest BCUT2D eigenvalue weighted by Crippen LogP contribution is 2.19. The van der Waals surface area contributed by atoms with Crippen LogP contribution in [-0.4, -0.2) is 15.7 Å². The second-order valence-corrected chi connectivity index (χ2v) is 6.95. The number of carbonyl (C=O) groups excluding carboxylic acids is 1. The Hall–Kier alpha value is -3.54. The first-order chi connectivity index (χ1) is 14.0. The third-order valence-electron chi connectivity index (χ3n) is 4.87. The maximum Gasteiger partial charge on any atom is 0.251 e. The molecule has 146 valence electrons. The average Bonchev–Trinajstić information content (AvgIpc) is 3.12. The fraction of sp³-hybridized carbons (Fsp3) is 0.130. The van der Waals surface area contributed by atoms with Crippen molar-refractivity contribution < 1.29 is 13.6 Å². The van der Waals surface area contributed by atoms with E-state index in [1.54, 1.807) is 47.3 Å². The van der Waals surface area contributed by atoms with Crippen LogP contribution in [0.1, 0.15) is 34.5 Å². The molecule has 0 radical (unpaired) electrons. The number of benzene rings is 3. The van der Waals surface area contributed by atoms with Crippen LogP contribution in [0.3, 0.4) is 0 Å². The molecule has 6 heteroatoms. The normalized spacial score (nSPS) is 12.1. The number of hydrogen-bond donors (Lipinski definition) is 1. The number of nitrogens with one attached hydrogen (secondary N) is 1. The van der Waals surface area contributed by atoms with E-state index >= 15 is 0 Å². The summed E-state index contributed by atoms with van der Waals surface area (Å²) in [6.07, 6.45) is 1.74. The summed E-state index contributed by atoms with van der Waals surface area (Å²) in [4.78, 5) is 12.7. The number of amides is 1. The molecule has 1 atom stereocenters. The molecule has 0 aliphatic carbocycles. The highest BCUT2D eigenvalue weighted by molar-refractivity contribution is 5.98. The predicted molar refractivity (Wildman–Crippen MR) is 108 cm³/mol. The molecule has 1 aromatic heterocycles. The highest BCUT2D eigenvalue weighted by Gasteiger charge is 2.13. The summed E-state index contributed by atoms with van der Waals surface area (Å²) in [7, 11) is 0. The summed E-state index contributed by atoms with van der Waals surface area (Å²) in [5.41, 5.74) is 3.06. The molecule has 0 bridgehead atoms. The van der Waals surface area contributed by atoms with Gasteiger partial charge < -0.3 is 5.32 Å². The standard InChI is InChI=1S/C23H19F2N3O/c1-15(17-6-10-21(25)11-7-17)27-23(29)18-4-5-19-13-26-28(22(19)12-18)14-16-2-8-20(24)9-3-16/h2-13,15H,14H2,1H3,(H,27,29)/t15-/m0/s1. The van der Waals surface area contributed by atoms with Gasteiger partial charge in [0.15, 0.2) is 0 Å². The van der Waals surface area contributed by atoms with Crippen LogP contribution in [-0.2, 0) is 6.54 Å². The van der Waals surface area contributed by atoms with Crippen LogP contribution in [0.15, 0.2) is 72.9 Å². The first-order valence-electron chi connectivity index (χ1n) is 9.26. The molecule has 0 aliphatic rings. The first-order valence-corrected chi connectivity index (χ1v) is 9.26. The fourth-order valence-electron chi connectivity index (χ4n) is 3.22. The Balaban J connectivity index is 1.55. The number of carbonyl (C=O) groups is 1. The summed E-state index contributed by atoms with van der Waals surface area (Å²) in [5.74, 6) is -0.821. The second kappa shape index (κ2) is 7.83. The van der Waals surface area contributed by atoms with E-state index in [0.29, 0.717) is 12.1 Å². The van der Waals surface area contributed by atoms with Crippen molar-refractivity contribution in [1.82, 2.24) is 15.1 Å². The summed E-state index contributed by atoms with van der Waals surface area (Å²) in [6, 6.07) is 17.4. The molecular weight excluding hydrogens is 372 g/mol. The smallest absolute Gasteiger partial charge is 0.251 e. The van der Waals surface area contributed by atoms with Gasteiger partial charge in [0, 0.05) is 10.9 Å². The summed E-state index contributed by atoms with van der Waals surface area (Å²) in [6.45, 7) is 2.32. The van der Waals surface area contributed by atoms with Gasteiger partial charge >= 0.3 is 0 Å². The number of aromatic nitrogens is 2. The number of rotatable bonds is 5. The number of hydrogen-bond acceptors (Lipinski definition) is 2. The molecule has 1 amide bonds. The van der Waals surface area contributed by atoms with Gasteiger partial charge in [-0.15, -0.1) is 0 Å². The van der Waals surface area contributed by atoms with Gasteiger partial charge in [-0.1, -0.05) is 30.3 Å². The van der Waals surface area contributed by atoms with Gasteiger partial charge in [0.25, 0.3) is 5.91 Å². The molecular formula is C23H19F2N3O. The quantitative estimate of drug-likeness (QED) is 0.528. The van der Waals surface area contributed by atoms with Gasteiger partial charge in [-0.05, 0) is 54.4 Å². The molecule has 3 aromatic carbocycles. The lowest BCUT2D eigenvalue weighted by Crippen LogP contribution is -2.26. The van der Waals surface area contributed by atoms with Crippen LogP contribution in [0.25, 0.3) is 10.9 Å². The monoisotopic (exact) mass is 391 g/mol. The fourth-order valence-corrected chi connectivity index (χ4v) is 3.22. The largest absolute Gasteiger partial charge is 0.346 e. The van der Waals surface area contributed by atoms with Crippen molar-refractivity contribution in [2.75, 3.05) is 0 Å². The minimum Gasteiger partial charge on any atom is -0.346 e. The molecule has 0 saturated carbocycles. The molecule has 0 unspecified atom stereocenters. The van der Waals surface area contributed by atoms with Crippen LogP contribution in [0, 0.1) is 11.6 Å². The zero-order valence-corrected chi connectivity index (χ0v) is 15.8. The van der Waals surface area contributed by atoms with E-state index in [1.165, 1.54) is 24.3 Å². The van der Waals surface area contributed by atoms with E-state index in [2.05, 4.69) is 10.4 Å². The van der Waals surface area contributed by atoms with Gasteiger partial charge in [0.1, 0.15) is 11.6 Å². The topological polar surface area (TPSA) is 46.9 Å². The molecule has 4 nitrogen and oxygen atoms in total. The Morgan fingerprint density at radius 1 is 1.00 bits per heavy atom. The summed E-state index contributed by atoms with van der Waals surface area (Å²) >= 11 is 0.